The standard InChI is InChI=1S/C20H29N3O3/c21-18(24)9-6-10-19(25)23-13-14-26-17(15-22-11-4-5-12-22)20(23)16-7-2-1-3-8-16/h1-3,7-8,17,20H,4-6,9-15H2,(H2,21,24)/t17-,20-/m0/s1. The van der Waals surface area contributed by atoms with Crippen molar-refractivity contribution in [2.75, 3.05) is 32.8 Å². The number of nitrogens with zero attached hydrogens (tertiary/aromatic N) is 2. The first-order chi connectivity index (χ1) is 12.6. The molecule has 2 saturated heterocycles. The third-order valence-corrected chi connectivity index (χ3v) is 5.26. The topological polar surface area (TPSA) is 75.9 Å². The van der Waals surface area contributed by atoms with Gasteiger partial charge in [-0.2, -0.15) is 0 Å². The second-order valence-electron chi connectivity index (χ2n) is 7.18. The molecule has 0 bridgehead atoms. The molecule has 142 valence electrons. The van der Waals surface area contributed by atoms with Gasteiger partial charge in [-0.15, -0.1) is 0 Å². The fraction of sp³-hybridized carbons (Fsp3) is 0.600. The van der Waals surface area contributed by atoms with Crippen molar-refractivity contribution in [2.24, 2.45) is 5.73 Å². The van der Waals surface area contributed by atoms with E-state index in [4.69, 9.17) is 10.5 Å². The maximum absolute atomic E-state index is 12.9. The normalized spacial score (nSPS) is 23.9. The fourth-order valence-electron chi connectivity index (χ4n) is 3.99. The van der Waals surface area contributed by atoms with Gasteiger partial charge in [-0.05, 0) is 37.9 Å². The molecule has 0 radical (unpaired) electrons. The van der Waals surface area contributed by atoms with Crippen molar-refractivity contribution in [3.05, 3.63) is 35.9 Å². The molecule has 3 rings (SSSR count). The van der Waals surface area contributed by atoms with Gasteiger partial charge in [0.25, 0.3) is 0 Å². The lowest BCUT2D eigenvalue weighted by molar-refractivity contribution is -0.148. The van der Waals surface area contributed by atoms with Gasteiger partial charge in [0, 0.05) is 25.9 Å². The van der Waals surface area contributed by atoms with Crippen molar-refractivity contribution >= 4 is 11.8 Å². The average molecular weight is 359 g/mol. The van der Waals surface area contributed by atoms with E-state index in [0.717, 1.165) is 25.2 Å². The number of hydrogen-bond acceptors (Lipinski definition) is 4. The van der Waals surface area contributed by atoms with Gasteiger partial charge in [0.2, 0.25) is 11.8 Å². The highest BCUT2D eigenvalue weighted by Gasteiger charge is 2.37. The molecule has 0 aliphatic carbocycles. The van der Waals surface area contributed by atoms with Crippen LogP contribution in [0.15, 0.2) is 30.3 Å². The summed E-state index contributed by atoms with van der Waals surface area (Å²) in [5.41, 5.74) is 6.31. The van der Waals surface area contributed by atoms with E-state index in [1.165, 1.54) is 12.8 Å². The van der Waals surface area contributed by atoms with E-state index in [2.05, 4.69) is 17.0 Å². The Labute approximate surface area is 155 Å². The van der Waals surface area contributed by atoms with Crippen molar-refractivity contribution in [1.82, 2.24) is 9.80 Å². The van der Waals surface area contributed by atoms with Gasteiger partial charge in [-0.25, -0.2) is 0 Å². The van der Waals surface area contributed by atoms with Crippen LogP contribution in [0, 0.1) is 0 Å². The van der Waals surface area contributed by atoms with E-state index < -0.39 is 0 Å². The molecular formula is C20H29N3O3. The van der Waals surface area contributed by atoms with Gasteiger partial charge in [0.15, 0.2) is 0 Å². The molecule has 0 saturated carbocycles. The molecule has 1 aromatic rings. The monoisotopic (exact) mass is 359 g/mol. The van der Waals surface area contributed by atoms with Crippen LogP contribution in [0.1, 0.15) is 43.7 Å². The van der Waals surface area contributed by atoms with Crippen molar-refractivity contribution in [1.29, 1.82) is 0 Å². The number of benzene rings is 1. The molecule has 1 aromatic carbocycles. The summed E-state index contributed by atoms with van der Waals surface area (Å²) >= 11 is 0. The summed E-state index contributed by atoms with van der Waals surface area (Å²) in [6.07, 6.45) is 3.55. The number of carbonyl (C=O) groups is 2. The van der Waals surface area contributed by atoms with Crippen LogP contribution in [-0.2, 0) is 14.3 Å². The molecule has 26 heavy (non-hydrogen) atoms. The van der Waals surface area contributed by atoms with E-state index >= 15 is 0 Å². The highest BCUT2D eigenvalue weighted by atomic mass is 16.5. The number of likely N-dealkylation sites (tertiary alicyclic amines) is 1. The maximum Gasteiger partial charge on any atom is 0.223 e. The maximum atomic E-state index is 12.9. The number of hydrogen-bond donors (Lipinski definition) is 1. The molecule has 2 amide bonds. The van der Waals surface area contributed by atoms with E-state index in [0.29, 0.717) is 26.0 Å². The number of morpholine rings is 1. The third kappa shape index (κ3) is 4.83. The van der Waals surface area contributed by atoms with Crippen LogP contribution in [0.25, 0.3) is 0 Å². The average Bonchev–Trinajstić information content (AvgIpc) is 3.15. The van der Waals surface area contributed by atoms with Crippen LogP contribution >= 0.6 is 0 Å². The second-order valence-corrected chi connectivity index (χ2v) is 7.18. The Morgan fingerprint density at radius 3 is 2.50 bits per heavy atom. The molecule has 0 aromatic heterocycles. The summed E-state index contributed by atoms with van der Waals surface area (Å²) in [7, 11) is 0. The zero-order valence-electron chi connectivity index (χ0n) is 15.3. The van der Waals surface area contributed by atoms with Crippen LogP contribution in [0.4, 0.5) is 0 Å². The summed E-state index contributed by atoms with van der Waals surface area (Å²) in [6, 6.07) is 10.1. The van der Waals surface area contributed by atoms with E-state index in [1.807, 2.05) is 23.1 Å². The Bertz CT molecular complexity index is 602. The van der Waals surface area contributed by atoms with Gasteiger partial charge in [-0.3, -0.25) is 9.59 Å². The number of carbonyl (C=O) groups excluding carboxylic acids is 2. The van der Waals surface area contributed by atoms with Crippen molar-refractivity contribution in [3.8, 4) is 0 Å². The second kappa shape index (κ2) is 9.14. The van der Waals surface area contributed by atoms with Gasteiger partial charge in [0.05, 0.1) is 18.8 Å². The van der Waals surface area contributed by atoms with Gasteiger partial charge in [-0.1, -0.05) is 30.3 Å². The smallest absolute Gasteiger partial charge is 0.223 e. The predicted molar refractivity (Wildman–Crippen MR) is 99.4 cm³/mol. The predicted octanol–water partition coefficient (Wildman–Crippen LogP) is 1.71. The van der Waals surface area contributed by atoms with Crippen molar-refractivity contribution in [3.63, 3.8) is 0 Å². The Hall–Kier alpha value is -1.92. The first kappa shape index (κ1) is 18.9. The minimum absolute atomic E-state index is 0.0238. The van der Waals surface area contributed by atoms with Gasteiger partial charge in [0.1, 0.15) is 0 Å². The molecule has 6 heteroatoms. The summed E-state index contributed by atoms with van der Waals surface area (Å²) in [5, 5.41) is 0. The van der Waals surface area contributed by atoms with Gasteiger partial charge < -0.3 is 20.3 Å². The SMILES string of the molecule is NC(=O)CCCC(=O)N1CCO[C@@H](CN2CCCC2)[C@@H]1c1ccccc1. The van der Waals surface area contributed by atoms with E-state index in [9.17, 15) is 9.59 Å². The molecule has 2 aliphatic heterocycles. The number of ether oxygens (including phenoxy) is 1. The summed E-state index contributed by atoms with van der Waals surface area (Å²) < 4.78 is 6.12. The minimum atomic E-state index is -0.355. The third-order valence-electron chi connectivity index (χ3n) is 5.26. The minimum Gasteiger partial charge on any atom is -0.373 e. The molecule has 6 nitrogen and oxygen atoms in total. The molecule has 2 atom stereocenters. The molecular weight excluding hydrogens is 330 g/mol. The number of primary amides is 1. The molecule has 2 aliphatic rings. The number of amides is 2. The quantitative estimate of drug-likeness (QED) is 0.804. The summed E-state index contributed by atoms with van der Waals surface area (Å²) in [5.74, 6) is -0.277. The van der Waals surface area contributed by atoms with Gasteiger partial charge >= 0.3 is 0 Å². The van der Waals surface area contributed by atoms with Crippen molar-refractivity contribution < 1.29 is 14.3 Å². The van der Waals surface area contributed by atoms with Crippen LogP contribution < -0.4 is 5.73 Å². The highest BCUT2D eigenvalue weighted by Crippen LogP contribution is 2.31. The first-order valence-corrected chi connectivity index (χ1v) is 9.62. The lowest BCUT2D eigenvalue weighted by atomic mass is 9.96. The van der Waals surface area contributed by atoms with Crippen LogP contribution in [0.2, 0.25) is 0 Å². The molecule has 0 unspecified atom stereocenters. The van der Waals surface area contributed by atoms with Crippen LogP contribution in [0.5, 0.6) is 0 Å². The Morgan fingerprint density at radius 2 is 1.81 bits per heavy atom. The Kier molecular flexibility index (Phi) is 6.63. The lowest BCUT2D eigenvalue weighted by Crippen LogP contribution is -2.51. The molecule has 0 spiro atoms. The molecule has 2 heterocycles. The Morgan fingerprint density at radius 1 is 1.08 bits per heavy atom. The number of nitrogens with two attached hydrogens (primary N) is 1. The van der Waals surface area contributed by atoms with E-state index in [1.54, 1.807) is 0 Å². The van der Waals surface area contributed by atoms with Crippen LogP contribution in [0.3, 0.4) is 0 Å². The fourth-order valence-corrected chi connectivity index (χ4v) is 3.99. The summed E-state index contributed by atoms with van der Waals surface area (Å²) in [6.45, 7) is 4.21. The highest BCUT2D eigenvalue weighted by molar-refractivity contribution is 5.78. The largest absolute Gasteiger partial charge is 0.373 e. The molecule has 2 N–H and O–H groups in total. The Balaban J connectivity index is 1.74. The van der Waals surface area contributed by atoms with E-state index in [-0.39, 0.29) is 30.4 Å². The lowest BCUT2D eigenvalue weighted by Gasteiger charge is -2.43. The zero-order valence-corrected chi connectivity index (χ0v) is 15.3. The molecule has 2 fully saturated rings. The van der Waals surface area contributed by atoms with Crippen LogP contribution in [-0.4, -0.2) is 60.5 Å². The summed E-state index contributed by atoms with van der Waals surface area (Å²) in [4.78, 5) is 28.2. The first-order valence-electron chi connectivity index (χ1n) is 9.62. The van der Waals surface area contributed by atoms with Crippen molar-refractivity contribution in [2.45, 2.75) is 44.2 Å². The number of rotatable bonds is 7. The zero-order chi connectivity index (χ0) is 18.4.